The van der Waals surface area contributed by atoms with Crippen molar-refractivity contribution in [2.75, 3.05) is 0 Å². The number of hydrogen-bond donors (Lipinski definition) is 0. The number of hydrogen-bond acceptors (Lipinski definition) is 1. The first kappa shape index (κ1) is 10.7. The van der Waals surface area contributed by atoms with Gasteiger partial charge in [-0.15, -0.1) is 0 Å². The summed E-state index contributed by atoms with van der Waals surface area (Å²) in [6.07, 6.45) is 0. The average molecular weight is 129 g/mol. The molecule has 36 valence electrons. The molecule has 0 atom stereocenters. The van der Waals surface area contributed by atoms with Crippen molar-refractivity contribution in [2.45, 2.75) is 13.8 Å². The Morgan fingerprint density at radius 2 is 1.71 bits per heavy atom. The predicted octanol–water partition coefficient (Wildman–Crippen LogP) is -1.63. The topological polar surface area (TPSA) is 17.1 Å². The summed E-state index contributed by atoms with van der Waals surface area (Å²) in [4.78, 5) is 9.87. The summed E-state index contributed by atoms with van der Waals surface area (Å²) in [5.41, 5.74) is 0. The second-order valence-electron chi connectivity index (χ2n) is 1.27. The summed E-state index contributed by atoms with van der Waals surface area (Å²) in [5, 5.41) is -0.352. The molecule has 3 heteroatoms. The van der Waals surface area contributed by atoms with Crippen molar-refractivity contribution in [2.24, 2.45) is 0 Å². The fraction of sp³-hybridized carbons (Fsp3) is 0.500. The molecule has 0 saturated heterocycles. The molecule has 0 saturated carbocycles. The molecular weight excluding hydrogens is 122 g/mol. The summed E-state index contributed by atoms with van der Waals surface area (Å²) in [7, 11) is 0. The molecule has 0 bridgehead atoms. The van der Waals surface area contributed by atoms with Gasteiger partial charge in [0.2, 0.25) is 0 Å². The van der Waals surface area contributed by atoms with Crippen LogP contribution in [0.1, 0.15) is 13.8 Å². The predicted molar refractivity (Wildman–Crippen MR) is 25.5 cm³/mol. The van der Waals surface area contributed by atoms with Gasteiger partial charge in [0.05, 0.1) is 5.24 Å². The van der Waals surface area contributed by atoms with Crippen LogP contribution >= 0.6 is 11.6 Å². The molecule has 0 N–H and O–H groups in total. The van der Waals surface area contributed by atoms with Gasteiger partial charge >= 0.3 is 29.6 Å². The minimum atomic E-state index is -0.352. The van der Waals surface area contributed by atoms with Crippen molar-refractivity contribution in [3.8, 4) is 0 Å². The minimum absolute atomic E-state index is 0. The zero-order valence-corrected chi connectivity index (χ0v) is 7.54. The monoisotopic (exact) mass is 128 g/mol. The van der Waals surface area contributed by atoms with Gasteiger partial charge < -0.3 is 10.7 Å². The molecule has 0 radical (unpaired) electrons. The van der Waals surface area contributed by atoms with Gasteiger partial charge in [-0.2, -0.15) is 13.8 Å². The molecule has 0 spiro atoms. The maximum atomic E-state index is 9.87. The third-order valence-corrected chi connectivity index (χ3v) is 0.771. The quantitative estimate of drug-likeness (QED) is 0.236. The molecule has 0 aromatic heterocycles. The molecule has 0 amide bonds. The van der Waals surface area contributed by atoms with E-state index in [1.165, 1.54) is 0 Å². The Kier molecular flexibility index (Phi) is 7.64. The number of halogens is 1. The first-order valence-corrected chi connectivity index (χ1v) is 2.02. The maximum absolute atomic E-state index is 9.87. The largest absolute Gasteiger partial charge is 1.00 e. The van der Waals surface area contributed by atoms with E-state index in [0.29, 0.717) is 5.92 Å². The molecular formula is C4H6ClNaO. The van der Waals surface area contributed by atoms with Gasteiger partial charge in [-0.3, -0.25) is 0 Å². The second-order valence-corrected chi connectivity index (χ2v) is 1.62. The maximum Gasteiger partial charge on any atom is 1.00 e. The first-order chi connectivity index (χ1) is 2.64. The molecule has 7 heavy (non-hydrogen) atoms. The van der Waals surface area contributed by atoms with Crippen molar-refractivity contribution in [3.05, 3.63) is 5.92 Å². The summed E-state index contributed by atoms with van der Waals surface area (Å²) in [6.45, 7) is 3.35. The first-order valence-electron chi connectivity index (χ1n) is 1.64. The van der Waals surface area contributed by atoms with Crippen LogP contribution in [0.15, 0.2) is 0 Å². The Morgan fingerprint density at radius 3 is 1.71 bits per heavy atom. The third-order valence-electron chi connectivity index (χ3n) is 0.393. The Balaban J connectivity index is 0. The Hall–Kier alpha value is 0.830. The van der Waals surface area contributed by atoms with Crippen LogP contribution in [0.25, 0.3) is 0 Å². The van der Waals surface area contributed by atoms with Crippen LogP contribution in [0.5, 0.6) is 0 Å². The fourth-order valence-electron chi connectivity index (χ4n) is 0. The number of carbonyl (C=O) groups excluding carboxylic acids is 1. The second kappa shape index (κ2) is 4.98. The molecule has 0 aliphatic heterocycles. The molecule has 0 heterocycles. The molecule has 0 aromatic carbocycles. The van der Waals surface area contributed by atoms with Gasteiger partial charge in [0.25, 0.3) is 0 Å². The molecule has 0 aromatic rings. The van der Waals surface area contributed by atoms with E-state index in [1.807, 2.05) is 0 Å². The zero-order chi connectivity index (χ0) is 5.15. The minimum Gasteiger partial charge on any atom is -0.317 e. The van der Waals surface area contributed by atoms with E-state index >= 15 is 0 Å². The summed E-state index contributed by atoms with van der Waals surface area (Å²) >= 11 is 4.94. The number of carbonyl (C=O) groups is 1. The van der Waals surface area contributed by atoms with Crippen LogP contribution in [-0.2, 0) is 4.79 Å². The van der Waals surface area contributed by atoms with E-state index in [4.69, 9.17) is 11.6 Å². The van der Waals surface area contributed by atoms with Crippen LogP contribution in [-0.4, -0.2) is 5.24 Å². The molecule has 0 rings (SSSR count). The van der Waals surface area contributed by atoms with Gasteiger partial charge in [-0.1, -0.05) is 11.6 Å². The van der Waals surface area contributed by atoms with Gasteiger partial charge in [0.1, 0.15) is 0 Å². The van der Waals surface area contributed by atoms with Crippen molar-refractivity contribution in [1.29, 1.82) is 0 Å². The van der Waals surface area contributed by atoms with E-state index < -0.39 is 0 Å². The van der Waals surface area contributed by atoms with E-state index in [2.05, 4.69) is 0 Å². The molecule has 0 aliphatic rings. The molecule has 0 fully saturated rings. The summed E-state index contributed by atoms with van der Waals surface area (Å²) in [5.74, 6) is 0.636. The van der Waals surface area contributed by atoms with E-state index in [0.717, 1.165) is 0 Å². The van der Waals surface area contributed by atoms with Crippen LogP contribution in [0.2, 0.25) is 0 Å². The average Bonchev–Trinajstić information content (AvgIpc) is 1.36. The van der Waals surface area contributed by atoms with Crippen molar-refractivity contribution < 1.29 is 34.4 Å². The Morgan fingerprint density at radius 1 is 1.57 bits per heavy atom. The van der Waals surface area contributed by atoms with E-state index in [-0.39, 0.29) is 34.8 Å². The Labute approximate surface area is 70.7 Å². The van der Waals surface area contributed by atoms with Gasteiger partial charge in [-0.25, -0.2) is 0 Å². The Bertz CT molecular complexity index is 62.7. The van der Waals surface area contributed by atoms with Crippen LogP contribution in [0.4, 0.5) is 0 Å². The molecule has 0 aliphatic carbocycles. The molecule has 1 nitrogen and oxygen atoms in total. The SMILES string of the molecule is C[C-](C)C(=O)Cl.[Na+]. The van der Waals surface area contributed by atoms with Crippen molar-refractivity contribution in [3.63, 3.8) is 0 Å². The van der Waals surface area contributed by atoms with Crippen LogP contribution in [0.3, 0.4) is 0 Å². The van der Waals surface area contributed by atoms with Gasteiger partial charge in [0, 0.05) is 0 Å². The third kappa shape index (κ3) is 6.83. The van der Waals surface area contributed by atoms with Crippen molar-refractivity contribution in [1.82, 2.24) is 0 Å². The van der Waals surface area contributed by atoms with Gasteiger partial charge in [-0.05, 0) is 0 Å². The fourth-order valence-corrected chi connectivity index (χ4v) is 0. The smallest absolute Gasteiger partial charge is 0.317 e. The van der Waals surface area contributed by atoms with Crippen molar-refractivity contribution >= 4 is 16.8 Å². The normalized spacial score (nSPS) is 6.71. The van der Waals surface area contributed by atoms with Gasteiger partial charge in [0.15, 0.2) is 0 Å². The standard InChI is InChI=1S/C4H6ClO.Na/c1-3(2)4(5)6;/h1-2H3;/q-1;+1. The van der Waals surface area contributed by atoms with Crippen LogP contribution < -0.4 is 29.6 Å². The van der Waals surface area contributed by atoms with E-state index in [9.17, 15) is 4.79 Å². The zero-order valence-electron chi connectivity index (χ0n) is 4.79. The van der Waals surface area contributed by atoms with Crippen LogP contribution in [0, 0.1) is 5.92 Å². The summed E-state index contributed by atoms with van der Waals surface area (Å²) in [6, 6.07) is 0. The molecule has 0 unspecified atom stereocenters. The van der Waals surface area contributed by atoms with E-state index in [1.54, 1.807) is 13.8 Å². The number of rotatable bonds is 1. The summed E-state index contributed by atoms with van der Waals surface area (Å²) < 4.78 is 0.